The first-order valence-corrected chi connectivity index (χ1v) is 5.56. The van der Waals surface area contributed by atoms with Crippen LogP contribution in [-0.4, -0.2) is 38.3 Å². The van der Waals surface area contributed by atoms with E-state index in [1.807, 2.05) is 13.8 Å². The van der Waals surface area contributed by atoms with Gasteiger partial charge in [-0.15, -0.1) is 12.4 Å². The fraction of sp³-hybridized carbons (Fsp3) is 0.909. The van der Waals surface area contributed by atoms with E-state index in [2.05, 4.69) is 10.6 Å². The third-order valence-corrected chi connectivity index (χ3v) is 2.68. The number of carbonyl (C=O) groups is 1. The zero-order valence-electron chi connectivity index (χ0n) is 10.3. The molecular weight excluding hydrogens is 228 g/mol. The summed E-state index contributed by atoms with van der Waals surface area (Å²) >= 11 is 0. The largest absolute Gasteiger partial charge is 0.377 e. The highest BCUT2D eigenvalue weighted by Crippen LogP contribution is 2.27. The molecule has 0 bridgehead atoms. The molecule has 1 aliphatic carbocycles. The molecule has 5 heteroatoms. The molecule has 0 aliphatic heterocycles. The van der Waals surface area contributed by atoms with Crippen molar-refractivity contribution in [3.8, 4) is 0 Å². The SMILES string of the molecule is COC(C)(C)CNC(=O)CNCC1CC1.Cl. The first-order chi connectivity index (χ1) is 7.03. The topological polar surface area (TPSA) is 50.4 Å². The summed E-state index contributed by atoms with van der Waals surface area (Å²) in [6, 6.07) is 0. The monoisotopic (exact) mass is 250 g/mol. The molecule has 0 heterocycles. The van der Waals surface area contributed by atoms with Gasteiger partial charge in [0, 0.05) is 13.7 Å². The molecule has 0 atom stereocenters. The maximum absolute atomic E-state index is 11.4. The van der Waals surface area contributed by atoms with E-state index in [-0.39, 0.29) is 23.9 Å². The van der Waals surface area contributed by atoms with Gasteiger partial charge in [-0.2, -0.15) is 0 Å². The van der Waals surface area contributed by atoms with Crippen LogP contribution in [0.4, 0.5) is 0 Å². The van der Waals surface area contributed by atoms with Crippen LogP contribution in [0.1, 0.15) is 26.7 Å². The van der Waals surface area contributed by atoms with Crippen LogP contribution in [0.3, 0.4) is 0 Å². The van der Waals surface area contributed by atoms with Crippen LogP contribution in [0, 0.1) is 5.92 Å². The average Bonchev–Trinajstić information content (AvgIpc) is 2.99. The van der Waals surface area contributed by atoms with Crippen molar-refractivity contribution in [2.75, 3.05) is 26.7 Å². The predicted octanol–water partition coefficient (Wildman–Crippen LogP) is 0.949. The van der Waals surface area contributed by atoms with Crippen molar-refractivity contribution in [3.63, 3.8) is 0 Å². The summed E-state index contributed by atoms with van der Waals surface area (Å²) in [6.45, 7) is 5.83. The van der Waals surface area contributed by atoms with Gasteiger partial charge >= 0.3 is 0 Å². The summed E-state index contributed by atoms with van der Waals surface area (Å²) in [5.41, 5.74) is -0.286. The molecule has 1 fully saturated rings. The summed E-state index contributed by atoms with van der Waals surface area (Å²) in [5.74, 6) is 0.856. The zero-order valence-corrected chi connectivity index (χ0v) is 11.2. The zero-order chi connectivity index (χ0) is 11.3. The minimum absolute atomic E-state index is 0. The normalized spacial score (nSPS) is 15.4. The molecule has 1 rings (SSSR count). The molecule has 0 aromatic heterocycles. The molecule has 1 saturated carbocycles. The lowest BCUT2D eigenvalue weighted by Gasteiger charge is -2.23. The molecule has 1 amide bonds. The van der Waals surface area contributed by atoms with Gasteiger partial charge in [-0.3, -0.25) is 4.79 Å². The number of ether oxygens (including phenoxy) is 1. The van der Waals surface area contributed by atoms with Crippen molar-refractivity contribution in [3.05, 3.63) is 0 Å². The van der Waals surface area contributed by atoms with Gasteiger partial charge in [0.05, 0.1) is 12.1 Å². The quantitative estimate of drug-likeness (QED) is 0.708. The van der Waals surface area contributed by atoms with E-state index < -0.39 is 0 Å². The number of carbonyl (C=O) groups excluding carboxylic acids is 1. The van der Waals surface area contributed by atoms with E-state index in [0.717, 1.165) is 12.5 Å². The Hall–Kier alpha value is -0.320. The van der Waals surface area contributed by atoms with Gasteiger partial charge in [-0.1, -0.05) is 0 Å². The molecule has 0 radical (unpaired) electrons. The molecule has 0 unspecified atom stereocenters. The van der Waals surface area contributed by atoms with Gasteiger partial charge in [0.2, 0.25) is 5.91 Å². The first-order valence-electron chi connectivity index (χ1n) is 5.56. The van der Waals surface area contributed by atoms with Crippen LogP contribution in [0.5, 0.6) is 0 Å². The average molecular weight is 251 g/mol. The smallest absolute Gasteiger partial charge is 0.234 e. The lowest BCUT2D eigenvalue weighted by atomic mass is 10.1. The van der Waals surface area contributed by atoms with E-state index in [4.69, 9.17) is 4.74 Å². The Kier molecular flexibility index (Phi) is 6.95. The number of methoxy groups -OCH3 is 1. The summed E-state index contributed by atoms with van der Waals surface area (Å²) in [4.78, 5) is 11.4. The number of hydrogen-bond acceptors (Lipinski definition) is 3. The van der Waals surface area contributed by atoms with E-state index in [9.17, 15) is 4.79 Å². The van der Waals surface area contributed by atoms with Crippen LogP contribution in [-0.2, 0) is 9.53 Å². The van der Waals surface area contributed by atoms with E-state index in [0.29, 0.717) is 13.1 Å². The second kappa shape index (κ2) is 7.09. The number of halogens is 1. The van der Waals surface area contributed by atoms with Crippen LogP contribution >= 0.6 is 12.4 Å². The molecular formula is C11H23ClN2O2. The highest BCUT2D eigenvalue weighted by Gasteiger charge is 2.21. The maximum Gasteiger partial charge on any atom is 0.234 e. The highest BCUT2D eigenvalue weighted by atomic mass is 35.5. The summed E-state index contributed by atoms with van der Waals surface area (Å²) in [7, 11) is 1.65. The fourth-order valence-corrected chi connectivity index (χ4v) is 1.16. The molecule has 0 saturated heterocycles. The standard InChI is InChI=1S/C11H22N2O2.ClH/c1-11(2,15-3)8-13-10(14)7-12-6-9-4-5-9;/h9,12H,4-8H2,1-3H3,(H,13,14);1H. The van der Waals surface area contributed by atoms with Crippen molar-refractivity contribution in [1.82, 2.24) is 10.6 Å². The number of nitrogens with one attached hydrogen (secondary N) is 2. The lowest BCUT2D eigenvalue weighted by Crippen LogP contribution is -2.43. The maximum atomic E-state index is 11.4. The number of amides is 1. The minimum atomic E-state index is -0.286. The van der Waals surface area contributed by atoms with Gasteiger partial charge in [0.25, 0.3) is 0 Å². The molecule has 0 spiro atoms. The van der Waals surface area contributed by atoms with E-state index >= 15 is 0 Å². The third-order valence-electron chi connectivity index (χ3n) is 2.68. The Morgan fingerprint density at radius 1 is 1.44 bits per heavy atom. The van der Waals surface area contributed by atoms with E-state index in [1.165, 1.54) is 12.8 Å². The van der Waals surface area contributed by atoms with Crippen LogP contribution in [0.15, 0.2) is 0 Å². The van der Waals surface area contributed by atoms with Crippen molar-refractivity contribution in [2.45, 2.75) is 32.3 Å². The Morgan fingerprint density at radius 3 is 2.56 bits per heavy atom. The predicted molar refractivity (Wildman–Crippen MR) is 66.9 cm³/mol. The second-order valence-corrected chi connectivity index (χ2v) is 4.81. The molecule has 0 aromatic carbocycles. The Bertz CT molecular complexity index is 218. The van der Waals surface area contributed by atoms with Crippen LogP contribution < -0.4 is 10.6 Å². The van der Waals surface area contributed by atoms with Crippen molar-refractivity contribution in [1.29, 1.82) is 0 Å². The Labute approximate surface area is 104 Å². The molecule has 16 heavy (non-hydrogen) atoms. The fourth-order valence-electron chi connectivity index (χ4n) is 1.16. The third kappa shape index (κ3) is 7.04. The molecule has 2 N–H and O–H groups in total. The second-order valence-electron chi connectivity index (χ2n) is 4.81. The molecule has 96 valence electrons. The van der Waals surface area contributed by atoms with Crippen LogP contribution in [0.25, 0.3) is 0 Å². The van der Waals surface area contributed by atoms with Gasteiger partial charge in [-0.05, 0) is 39.2 Å². The van der Waals surface area contributed by atoms with Crippen molar-refractivity contribution < 1.29 is 9.53 Å². The van der Waals surface area contributed by atoms with Crippen molar-refractivity contribution in [2.24, 2.45) is 5.92 Å². The Morgan fingerprint density at radius 2 is 2.06 bits per heavy atom. The van der Waals surface area contributed by atoms with Gasteiger partial charge < -0.3 is 15.4 Å². The Balaban J connectivity index is 0.00000225. The number of rotatable bonds is 7. The molecule has 1 aliphatic rings. The van der Waals surface area contributed by atoms with Gasteiger partial charge in [0.1, 0.15) is 0 Å². The highest BCUT2D eigenvalue weighted by molar-refractivity contribution is 5.85. The number of hydrogen-bond donors (Lipinski definition) is 2. The van der Waals surface area contributed by atoms with Crippen LogP contribution in [0.2, 0.25) is 0 Å². The lowest BCUT2D eigenvalue weighted by molar-refractivity contribution is -0.121. The summed E-state index contributed by atoms with van der Waals surface area (Å²) in [5, 5.41) is 5.99. The molecule has 0 aromatic rings. The van der Waals surface area contributed by atoms with E-state index in [1.54, 1.807) is 7.11 Å². The molecule has 4 nitrogen and oxygen atoms in total. The first kappa shape index (κ1) is 15.7. The van der Waals surface area contributed by atoms with Crippen molar-refractivity contribution >= 4 is 18.3 Å². The van der Waals surface area contributed by atoms with Gasteiger partial charge in [-0.25, -0.2) is 0 Å². The van der Waals surface area contributed by atoms with Gasteiger partial charge in [0.15, 0.2) is 0 Å². The minimum Gasteiger partial charge on any atom is -0.377 e. The summed E-state index contributed by atoms with van der Waals surface area (Å²) in [6.07, 6.45) is 2.62. The summed E-state index contributed by atoms with van der Waals surface area (Å²) < 4.78 is 5.21.